The fourth-order valence-corrected chi connectivity index (χ4v) is 3.05. The Morgan fingerprint density at radius 1 is 1.25 bits per heavy atom. The van der Waals surface area contributed by atoms with Crippen LogP contribution in [0.5, 0.6) is 0 Å². The SMILES string of the molecule is Cc1cc(C)c2[nH]c3c(c2c1)CC(C)CC3. The average Bonchev–Trinajstić information content (AvgIpc) is 2.57. The molecule has 1 N–H and O–H groups in total. The first kappa shape index (κ1) is 9.95. The van der Waals surface area contributed by atoms with Gasteiger partial charge in [0.2, 0.25) is 0 Å². The van der Waals surface area contributed by atoms with Gasteiger partial charge in [-0.15, -0.1) is 0 Å². The summed E-state index contributed by atoms with van der Waals surface area (Å²) in [6, 6.07) is 4.61. The van der Waals surface area contributed by atoms with Gasteiger partial charge < -0.3 is 4.98 Å². The summed E-state index contributed by atoms with van der Waals surface area (Å²) in [6.07, 6.45) is 3.81. The third-order valence-electron chi connectivity index (χ3n) is 3.88. The zero-order valence-corrected chi connectivity index (χ0v) is 10.4. The van der Waals surface area contributed by atoms with Gasteiger partial charge in [-0.05, 0) is 56.2 Å². The first-order valence-corrected chi connectivity index (χ1v) is 6.26. The molecule has 0 saturated carbocycles. The summed E-state index contributed by atoms with van der Waals surface area (Å²) in [7, 11) is 0. The number of hydrogen-bond donors (Lipinski definition) is 1. The maximum Gasteiger partial charge on any atom is 0.0488 e. The second-order valence-electron chi connectivity index (χ2n) is 5.43. The minimum absolute atomic E-state index is 0.840. The average molecular weight is 213 g/mol. The van der Waals surface area contributed by atoms with Crippen LogP contribution in [0.2, 0.25) is 0 Å². The topological polar surface area (TPSA) is 15.8 Å². The fraction of sp³-hybridized carbons (Fsp3) is 0.467. The molecule has 0 amide bonds. The van der Waals surface area contributed by atoms with E-state index in [9.17, 15) is 0 Å². The van der Waals surface area contributed by atoms with E-state index in [1.807, 2.05) is 0 Å². The zero-order chi connectivity index (χ0) is 11.3. The fourth-order valence-electron chi connectivity index (χ4n) is 3.05. The number of fused-ring (bicyclic) bond motifs is 3. The van der Waals surface area contributed by atoms with Gasteiger partial charge in [-0.3, -0.25) is 0 Å². The summed E-state index contributed by atoms with van der Waals surface area (Å²) in [6.45, 7) is 6.77. The quantitative estimate of drug-likeness (QED) is 0.683. The number of H-pyrrole nitrogens is 1. The van der Waals surface area contributed by atoms with Gasteiger partial charge in [-0.25, -0.2) is 0 Å². The molecule has 1 aromatic heterocycles. The van der Waals surface area contributed by atoms with Gasteiger partial charge in [0.05, 0.1) is 0 Å². The Labute approximate surface area is 96.9 Å². The number of nitrogens with one attached hydrogen (secondary N) is 1. The molecule has 0 fully saturated rings. The first-order chi connectivity index (χ1) is 7.65. The highest BCUT2D eigenvalue weighted by atomic mass is 14.7. The number of hydrogen-bond acceptors (Lipinski definition) is 0. The van der Waals surface area contributed by atoms with Gasteiger partial charge in [0, 0.05) is 16.6 Å². The molecule has 1 aliphatic carbocycles. The van der Waals surface area contributed by atoms with Gasteiger partial charge >= 0.3 is 0 Å². The van der Waals surface area contributed by atoms with Crippen LogP contribution in [0.1, 0.15) is 35.7 Å². The maximum absolute atomic E-state index is 3.63. The van der Waals surface area contributed by atoms with E-state index in [0.717, 1.165) is 5.92 Å². The van der Waals surface area contributed by atoms with Crippen molar-refractivity contribution in [2.24, 2.45) is 5.92 Å². The van der Waals surface area contributed by atoms with Gasteiger partial charge in [0.15, 0.2) is 0 Å². The lowest BCUT2D eigenvalue weighted by atomic mass is 9.87. The molecule has 1 aromatic carbocycles. The molecule has 0 bridgehead atoms. The van der Waals surface area contributed by atoms with E-state index in [0.29, 0.717) is 0 Å². The molecule has 1 aliphatic rings. The van der Waals surface area contributed by atoms with Crippen molar-refractivity contribution in [2.75, 3.05) is 0 Å². The van der Waals surface area contributed by atoms with Gasteiger partial charge in [0.1, 0.15) is 0 Å². The Kier molecular flexibility index (Phi) is 2.10. The summed E-state index contributed by atoms with van der Waals surface area (Å²) in [5.41, 5.74) is 7.20. The van der Waals surface area contributed by atoms with Crippen LogP contribution in [-0.4, -0.2) is 4.98 Å². The smallest absolute Gasteiger partial charge is 0.0488 e. The standard InChI is InChI=1S/C15H19N/c1-9-4-5-14-12(7-9)13-8-10(2)6-11(3)15(13)16-14/h6,8-9,16H,4-5,7H2,1-3H3. The van der Waals surface area contributed by atoms with Crippen LogP contribution in [-0.2, 0) is 12.8 Å². The molecule has 16 heavy (non-hydrogen) atoms. The molecule has 1 unspecified atom stereocenters. The first-order valence-electron chi connectivity index (χ1n) is 6.26. The predicted octanol–water partition coefficient (Wildman–Crippen LogP) is 3.91. The van der Waals surface area contributed by atoms with E-state index in [1.165, 1.54) is 47.0 Å². The number of aromatic amines is 1. The maximum atomic E-state index is 3.63. The van der Waals surface area contributed by atoms with Crippen LogP contribution in [0.25, 0.3) is 10.9 Å². The Morgan fingerprint density at radius 2 is 2.06 bits per heavy atom. The van der Waals surface area contributed by atoms with E-state index in [-0.39, 0.29) is 0 Å². The molecule has 1 heteroatoms. The summed E-state index contributed by atoms with van der Waals surface area (Å²) < 4.78 is 0. The lowest BCUT2D eigenvalue weighted by Gasteiger charge is -2.18. The van der Waals surface area contributed by atoms with E-state index in [1.54, 1.807) is 5.56 Å². The molecule has 0 saturated heterocycles. The molecule has 2 aromatic rings. The molecule has 0 spiro atoms. The van der Waals surface area contributed by atoms with E-state index in [2.05, 4.69) is 37.9 Å². The monoisotopic (exact) mass is 213 g/mol. The summed E-state index contributed by atoms with van der Waals surface area (Å²) in [5.74, 6) is 0.840. The van der Waals surface area contributed by atoms with Crippen molar-refractivity contribution >= 4 is 10.9 Å². The molecule has 1 atom stereocenters. The van der Waals surface area contributed by atoms with Crippen molar-refractivity contribution in [3.63, 3.8) is 0 Å². The second kappa shape index (κ2) is 3.38. The minimum atomic E-state index is 0.840. The Bertz CT molecular complexity index is 548. The summed E-state index contributed by atoms with van der Waals surface area (Å²) in [5, 5.41) is 1.47. The van der Waals surface area contributed by atoms with Gasteiger partial charge in [-0.1, -0.05) is 18.6 Å². The lowest BCUT2D eigenvalue weighted by molar-refractivity contribution is 0.499. The molecule has 1 nitrogen and oxygen atoms in total. The number of benzene rings is 1. The Balaban J connectivity index is 2.30. The van der Waals surface area contributed by atoms with Crippen LogP contribution in [0.15, 0.2) is 12.1 Å². The third kappa shape index (κ3) is 1.38. The minimum Gasteiger partial charge on any atom is -0.358 e. The number of rotatable bonds is 0. The molecule has 84 valence electrons. The zero-order valence-electron chi connectivity index (χ0n) is 10.4. The summed E-state index contributed by atoms with van der Waals surface area (Å²) in [4.78, 5) is 3.63. The van der Waals surface area contributed by atoms with Crippen LogP contribution in [0, 0.1) is 19.8 Å². The van der Waals surface area contributed by atoms with E-state index in [4.69, 9.17) is 0 Å². The van der Waals surface area contributed by atoms with Crippen LogP contribution >= 0.6 is 0 Å². The van der Waals surface area contributed by atoms with E-state index < -0.39 is 0 Å². The van der Waals surface area contributed by atoms with Crippen molar-refractivity contribution in [3.8, 4) is 0 Å². The van der Waals surface area contributed by atoms with Crippen LogP contribution in [0.3, 0.4) is 0 Å². The number of aromatic nitrogens is 1. The molecule has 0 aliphatic heterocycles. The van der Waals surface area contributed by atoms with Crippen molar-refractivity contribution in [3.05, 3.63) is 34.5 Å². The lowest BCUT2D eigenvalue weighted by Crippen LogP contribution is -2.09. The highest BCUT2D eigenvalue weighted by molar-refractivity contribution is 5.88. The third-order valence-corrected chi connectivity index (χ3v) is 3.88. The predicted molar refractivity (Wildman–Crippen MR) is 69.0 cm³/mol. The number of aryl methyl sites for hydroxylation is 3. The normalized spacial score (nSPS) is 20.1. The van der Waals surface area contributed by atoms with Crippen molar-refractivity contribution in [1.29, 1.82) is 0 Å². The molecule has 1 heterocycles. The molecular weight excluding hydrogens is 194 g/mol. The van der Waals surface area contributed by atoms with Crippen LogP contribution in [0.4, 0.5) is 0 Å². The van der Waals surface area contributed by atoms with Crippen LogP contribution < -0.4 is 0 Å². The Morgan fingerprint density at radius 3 is 2.88 bits per heavy atom. The van der Waals surface area contributed by atoms with Gasteiger partial charge in [0.25, 0.3) is 0 Å². The molecule has 3 rings (SSSR count). The van der Waals surface area contributed by atoms with Crippen molar-refractivity contribution in [1.82, 2.24) is 4.98 Å². The molecular formula is C15H19N. The van der Waals surface area contributed by atoms with Crippen molar-refractivity contribution < 1.29 is 0 Å². The van der Waals surface area contributed by atoms with E-state index >= 15 is 0 Å². The van der Waals surface area contributed by atoms with Crippen molar-refractivity contribution in [2.45, 2.75) is 40.0 Å². The Hall–Kier alpha value is -1.24. The largest absolute Gasteiger partial charge is 0.358 e. The second-order valence-corrected chi connectivity index (χ2v) is 5.43. The molecule has 0 radical (unpaired) electrons. The highest BCUT2D eigenvalue weighted by Crippen LogP contribution is 2.33. The van der Waals surface area contributed by atoms with Gasteiger partial charge in [-0.2, -0.15) is 0 Å². The summed E-state index contributed by atoms with van der Waals surface area (Å²) >= 11 is 0. The highest BCUT2D eigenvalue weighted by Gasteiger charge is 2.20.